The average molecular weight is 312 g/mol. The van der Waals surface area contributed by atoms with Crippen molar-refractivity contribution in [2.24, 2.45) is 5.73 Å². The second-order valence-electron chi connectivity index (χ2n) is 4.77. The summed E-state index contributed by atoms with van der Waals surface area (Å²) >= 11 is 4.87. The molecule has 0 saturated carbocycles. The molecule has 6 heteroatoms. The minimum absolute atomic E-state index is 0.0299. The summed E-state index contributed by atoms with van der Waals surface area (Å²) in [6, 6.07) is 7.35. The van der Waals surface area contributed by atoms with Crippen LogP contribution < -0.4 is 11.1 Å². The Labute approximate surface area is 127 Å². The summed E-state index contributed by atoms with van der Waals surface area (Å²) in [6.45, 7) is 1.92. The van der Waals surface area contributed by atoms with Crippen LogP contribution in [-0.2, 0) is 22.0 Å². The largest absolute Gasteiger partial charge is 0.389 e. The molecule has 1 amide bonds. The van der Waals surface area contributed by atoms with E-state index >= 15 is 0 Å². The van der Waals surface area contributed by atoms with Gasteiger partial charge in [-0.1, -0.05) is 36.5 Å². The Hall–Kier alpha value is -1.27. The van der Waals surface area contributed by atoms with E-state index in [0.29, 0.717) is 17.2 Å². The zero-order valence-corrected chi connectivity index (χ0v) is 13.4. The van der Waals surface area contributed by atoms with E-state index in [4.69, 9.17) is 18.0 Å². The van der Waals surface area contributed by atoms with Gasteiger partial charge in [-0.3, -0.25) is 9.00 Å². The van der Waals surface area contributed by atoms with Crippen molar-refractivity contribution in [2.75, 3.05) is 12.0 Å². The van der Waals surface area contributed by atoms with Gasteiger partial charge < -0.3 is 11.1 Å². The zero-order valence-electron chi connectivity index (χ0n) is 11.7. The highest BCUT2D eigenvalue weighted by Gasteiger charge is 2.09. The monoisotopic (exact) mass is 312 g/mol. The molecule has 0 spiro atoms. The maximum atomic E-state index is 11.8. The van der Waals surface area contributed by atoms with E-state index in [1.807, 2.05) is 31.2 Å². The summed E-state index contributed by atoms with van der Waals surface area (Å²) < 4.78 is 11.0. The minimum atomic E-state index is -0.821. The van der Waals surface area contributed by atoms with Crippen LogP contribution in [0.15, 0.2) is 24.3 Å². The highest BCUT2D eigenvalue weighted by molar-refractivity contribution is 7.84. The molecule has 0 radical (unpaired) electrons. The van der Waals surface area contributed by atoms with Gasteiger partial charge in [0.25, 0.3) is 0 Å². The van der Waals surface area contributed by atoms with Gasteiger partial charge in [0.05, 0.1) is 6.42 Å². The average Bonchev–Trinajstić information content (AvgIpc) is 2.36. The van der Waals surface area contributed by atoms with Crippen LogP contribution in [0.1, 0.15) is 24.5 Å². The maximum Gasteiger partial charge on any atom is 0.224 e. The molecule has 20 heavy (non-hydrogen) atoms. The Morgan fingerprint density at radius 2 is 2.00 bits per heavy atom. The normalized spacial score (nSPS) is 13.5. The van der Waals surface area contributed by atoms with Crippen molar-refractivity contribution in [2.45, 2.75) is 25.8 Å². The molecule has 0 aromatic heterocycles. The first-order valence-corrected chi connectivity index (χ1v) is 8.50. The van der Waals surface area contributed by atoms with Crippen molar-refractivity contribution in [3.05, 3.63) is 35.4 Å². The number of amides is 1. The summed E-state index contributed by atoms with van der Waals surface area (Å²) in [5.74, 6) is 0.562. The number of carbonyl (C=O) groups excluding carboxylic acids is 1. The second-order valence-corrected chi connectivity index (χ2v) is 6.77. The molecule has 4 nitrogen and oxygen atoms in total. The third-order valence-electron chi connectivity index (χ3n) is 2.85. The first kappa shape index (κ1) is 16.8. The minimum Gasteiger partial charge on any atom is -0.389 e. The number of benzene rings is 1. The van der Waals surface area contributed by atoms with Crippen LogP contribution in [0.3, 0.4) is 0 Å². The number of nitrogens with two attached hydrogens (primary N) is 1. The highest BCUT2D eigenvalue weighted by atomic mass is 32.2. The highest BCUT2D eigenvalue weighted by Crippen LogP contribution is 2.05. The van der Waals surface area contributed by atoms with Gasteiger partial charge in [-0.25, -0.2) is 0 Å². The Kier molecular flexibility index (Phi) is 6.81. The summed E-state index contributed by atoms with van der Waals surface area (Å²) in [4.78, 5) is 12.2. The maximum absolute atomic E-state index is 11.8. The molecule has 0 fully saturated rings. The smallest absolute Gasteiger partial charge is 0.224 e. The molecule has 2 atom stereocenters. The quantitative estimate of drug-likeness (QED) is 0.741. The molecular weight excluding hydrogens is 292 g/mol. The molecule has 0 heterocycles. The van der Waals surface area contributed by atoms with Gasteiger partial charge in [-0.15, -0.1) is 0 Å². The number of rotatable bonds is 7. The Balaban J connectivity index is 2.45. The first-order chi connectivity index (χ1) is 9.38. The molecule has 1 aromatic carbocycles. The molecule has 2 unspecified atom stereocenters. The molecule has 0 bridgehead atoms. The fourth-order valence-electron chi connectivity index (χ4n) is 1.71. The van der Waals surface area contributed by atoms with Crippen LogP contribution in [0.5, 0.6) is 0 Å². The summed E-state index contributed by atoms with van der Waals surface area (Å²) in [5.41, 5.74) is 7.22. The standard InChI is InChI=1S/C14H20N2O2S2/c1-10(7-8-20(2)18)16-13(17)9-11-3-5-12(6-4-11)14(15)19/h3-6,10H,7-9H2,1-2H3,(H2,15,19)(H,16,17). The van der Waals surface area contributed by atoms with Gasteiger partial charge in [0.2, 0.25) is 5.91 Å². The van der Waals surface area contributed by atoms with Crippen molar-refractivity contribution in [3.63, 3.8) is 0 Å². The van der Waals surface area contributed by atoms with Gasteiger partial charge in [-0.2, -0.15) is 0 Å². The summed E-state index contributed by atoms with van der Waals surface area (Å²) in [7, 11) is -0.821. The van der Waals surface area contributed by atoms with Gasteiger partial charge in [0.15, 0.2) is 0 Å². The Bertz CT molecular complexity index is 500. The van der Waals surface area contributed by atoms with Crippen LogP contribution >= 0.6 is 12.2 Å². The van der Waals surface area contributed by atoms with Crippen molar-refractivity contribution in [1.29, 1.82) is 0 Å². The third kappa shape index (κ3) is 6.25. The fraction of sp³-hybridized carbons (Fsp3) is 0.429. The molecule has 0 aliphatic rings. The number of hydrogen-bond acceptors (Lipinski definition) is 3. The van der Waals surface area contributed by atoms with Crippen LogP contribution in [0.25, 0.3) is 0 Å². The lowest BCUT2D eigenvalue weighted by Gasteiger charge is -2.13. The molecule has 3 N–H and O–H groups in total. The molecule has 1 rings (SSSR count). The lowest BCUT2D eigenvalue weighted by atomic mass is 10.1. The van der Waals surface area contributed by atoms with Crippen molar-refractivity contribution in [3.8, 4) is 0 Å². The molecular formula is C14H20N2O2S2. The molecule has 1 aromatic rings. The number of nitrogens with one attached hydrogen (secondary N) is 1. The number of carbonyl (C=O) groups is 1. The number of thiocarbonyl (C=S) groups is 1. The second kappa shape index (κ2) is 8.11. The predicted octanol–water partition coefficient (Wildman–Crippen LogP) is 1.14. The van der Waals surface area contributed by atoms with Crippen molar-refractivity contribution in [1.82, 2.24) is 5.32 Å². The van der Waals surface area contributed by atoms with Crippen LogP contribution in [0.2, 0.25) is 0 Å². The Morgan fingerprint density at radius 3 is 2.50 bits per heavy atom. The van der Waals surface area contributed by atoms with E-state index in [0.717, 1.165) is 17.5 Å². The van der Waals surface area contributed by atoms with E-state index in [-0.39, 0.29) is 11.9 Å². The fourth-order valence-corrected chi connectivity index (χ4v) is 2.53. The van der Waals surface area contributed by atoms with E-state index in [2.05, 4.69) is 5.32 Å². The predicted molar refractivity (Wildman–Crippen MR) is 87.2 cm³/mol. The van der Waals surface area contributed by atoms with Gasteiger partial charge >= 0.3 is 0 Å². The molecule has 0 aliphatic heterocycles. The van der Waals surface area contributed by atoms with E-state index in [1.165, 1.54) is 0 Å². The Morgan fingerprint density at radius 1 is 1.40 bits per heavy atom. The number of hydrogen-bond donors (Lipinski definition) is 2. The van der Waals surface area contributed by atoms with Gasteiger partial charge in [-0.05, 0) is 18.9 Å². The topological polar surface area (TPSA) is 72.2 Å². The molecule has 0 saturated heterocycles. The third-order valence-corrected chi connectivity index (χ3v) is 3.90. The van der Waals surface area contributed by atoms with E-state index < -0.39 is 10.8 Å². The molecule has 110 valence electrons. The van der Waals surface area contributed by atoms with E-state index in [1.54, 1.807) is 6.26 Å². The van der Waals surface area contributed by atoms with Crippen molar-refractivity contribution >= 4 is 33.9 Å². The van der Waals surface area contributed by atoms with Crippen LogP contribution in [0, 0.1) is 0 Å². The van der Waals surface area contributed by atoms with Gasteiger partial charge in [0.1, 0.15) is 4.99 Å². The zero-order chi connectivity index (χ0) is 15.1. The van der Waals surface area contributed by atoms with E-state index in [9.17, 15) is 9.00 Å². The van der Waals surface area contributed by atoms with Crippen LogP contribution in [0.4, 0.5) is 0 Å². The summed E-state index contributed by atoms with van der Waals surface area (Å²) in [6.07, 6.45) is 2.70. The van der Waals surface area contributed by atoms with Gasteiger partial charge in [0, 0.05) is 34.4 Å². The lowest BCUT2D eigenvalue weighted by molar-refractivity contribution is -0.121. The molecule has 0 aliphatic carbocycles. The lowest BCUT2D eigenvalue weighted by Crippen LogP contribution is -2.34. The SMILES string of the molecule is CC(CCS(C)=O)NC(=O)Cc1ccc(C(N)=S)cc1. The van der Waals surface area contributed by atoms with Crippen molar-refractivity contribution < 1.29 is 9.00 Å². The van der Waals surface area contributed by atoms with Crippen LogP contribution in [-0.4, -0.2) is 33.2 Å². The summed E-state index contributed by atoms with van der Waals surface area (Å²) in [5, 5.41) is 2.90. The first-order valence-electron chi connectivity index (χ1n) is 6.36.